The topological polar surface area (TPSA) is 24.9 Å². The van der Waals surface area contributed by atoms with E-state index < -0.39 is 0 Å². The number of hydrogen-bond donors (Lipinski definition) is 1. The van der Waals surface area contributed by atoms with E-state index in [0.717, 1.165) is 21.7 Å². The van der Waals surface area contributed by atoms with Gasteiger partial charge in [-0.3, -0.25) is 0 Å². The number of aromatic nitrogens is 1. The number of nitrogens with one attached hydrogen (secondary N) is 1. The largest absolute Gasteiger partial charge is 0.340 e. The average Bonchev–Trinajstić information content (AvgIpc) is 2.28. The third kappa shape index (κ3) is 2.67. The molecule has 2 nitrogen and oxygen atoms in total. The molecule has 0 fully saturated rings. The first-order valence-electron chi connectivity index (χ1n) is 5.54. The van der Waals surface area contributed by atoms with Gasteiger partial charge < -0.3 is 5.32 Å². The van der Waals surface area contributed by atoms with Crippen LogP contribution in [0.5, 0.6) is 0 Å². The van der Waals surface area contributed by atoms with Gasteiger partial charge in [0.25, 0.3) is 0 Å². The highest BCUT2D eigenvalue weighted by atomic mass is 79.9. The van der Waals surface area contributed by atoms with Crippen molar-refractivity contribution in [2.75, 3.05) is 5.32 Å². The van der Waals surface area contributed by atoms with Crippen molar-refractivity contribution in [3.63, 3.8) is 0 Å². The molecule has 0 radical (unpaired) electrons. The molecule has 3 heteroatoms. The third-order valence-corrected chi connectivity index (χ3v) is 3.59. The SMILES string of the molecule is Cc1cccc(C)c1Nc1ccc(Br)c(C)n1. The summed E-state index contributed by atoms with van der Waals surface area (Å²) in [5.74, 6) is 0.878. The quantitative estimate of drug-likeness (QED) is 0.880. The lowest BCUT2D eigenvalue weighted by atomic mass is 10.1. The Hall–Kier alpha value is -1.35. The standard InChI is InChI=1S/C14H15BrN2/c1-9-5-4-6-10(2)14(9)17-13-8-7-12(15)11(3)16-13/h4-8H,1-3H3,(H,16,17). The van der Waals surface area contributed by atoms with E-state index in [0.29, 0.717) is 0 Å². The van der Waals surface area contributed by atoms with Crippen molar-refractivity contribution in [1.82, 2.24) is 4.98 Å². The third-order valence-electron chi connectivity index (χ3n) is 2.76. The zero-order chi connectivity index (χ0) is 12.4. The highest BCUT2D eigenvalue weighted by Gasteiger charge is 2.04. The maximum absolute atomic E-state index is 4.49. The Morgan fingerprint density at radius 1 is 1.00 bits per heavy atom. The number of pyridine rings is 1. The van der Waals surface area contributed by atoms with Gasteiger partial charge in [-0.1, -0.05) is 18.2 Å². The molecule has 0 saturated carbocycles. The van der Waals surface area contributed by atoms with Crippen LogP contribution in [0, 0.1) is 20.8 Å². The Morgan fingerprint density at radius 2 is 1.65 bits per heavy atom. The molecule has 1 aromatic heterocycles. The number of benzene rings is 1. The molecule has 88 valence electrons. The monoisotopic (exact) mass is 290 g/mol. The van der Waals surface area contributed by atoms with Crippen molar-refractivity contribution in [3.05, 3.63) is 51.6 Å². The van der Waals surface area contributed by atoms with E-state index in [2.05, 4.69) is 58.3 Å². The Bertz CT molecular complexity index is 530. The lowest BCUT2D eigenvalue weighted by Gasteiger charge is -2.12. The number of aryl methyl sites for hydroxylation is 3. The molecule has 17 heavy (non-hydrogen) atoms. The molecule has 1 N–H and O–H groups in total. The highest BCUT2D eigenvalue weighted by Crippen LogP contribution is 2.24. The van der Waals surface area contributed by atoms with Crippen LogP contribution in [0.15, 0.2) is 34.8 Å². The number of anilines is 2. The van der Waals surface area contributed by atoms with Gasteiger partial charge in [0.05, 0.1) is 5.69 Å². The van der Waals surface area contributed by atoms with Gasteiger partial charge in [-0.2, -0.15) is 0 Å². The molecule has 0 amide bonds. The van der Waals surface area contributed by atoms with Crippen LogP contribution in [0.25, 0.3) is 0 Å². The van der Waals surface area contributed by atoms with Crippen molar-refractivity contribution in [2.24, 2.45) is 0 Å². The first kappa shape index (κ1) is 12.1. The van der Waals surface area contributed by atoms with E-state index in [1.165, 1.54) is 11.1 Å². The summed E-state index contributed by atoms with van der Waals surface area (Å²) in [6, 6.07) is 10.2. The maximum atomic E-state index is 4.49. The smallest absolute Gasteiger partial charge is 0.130 e. The number of halogens is 1. The number of rotatable bonds is 2. The minimum atomic E-state index is 0.878. The Morgan fingerprint density at radius 3 is 2.24 bits per heavy atom. The number of nitrogens with zero attached hydrogens (tertiary/aromatic N) is 1. The molecular formula is C14H15BrN2. The van der Waals surface area contributed by atoms with E-state index in [4.69, 9.17) is 0 Å². The molecule has 2 rings (SSSR count). The molecule has 0 aliphatic carbocycles. The number of hydrogen-bond acceptors (Lipinski definition) is 2. The van der Waals surface area contributed by atoms with Crippen molar-refractivity contribution >= 4 is 27.4 Å². The molecule has 0 saturated heterocycles. The average molecular weight is 291 g/mol. The summed E-state index contributed by atoms with van der Waals surface area (Å²) in [6.07, 6.45) is 0. The summed E-state index contributed by atoms with van der Waals surface area (Å²) in [4.78, 5) is 4.49. The fraction of sp³-hybridized carbons (Fsp3) is 0.214. The van der Waals surface area contributed by atoms with Crippen LogP contribution < -0.4 is 5.32 Å². The molecule has 0 aliphatic heterocycles. The predicted octanol–water partition coefficient (Wildman–Crippen LogP) is 4.51. The molecule has 0 bridgehead atoms. The van der Waals surface area contributed by atoms with Crippen molar-refractivity contribution in [2.45, 2.75) is 20.8 Å². The van der Waals surface area contributed by atoms with Crippen LogP contribution >= 0.6 is 15.9 Å². The fourth-order valence-corrected chi connectivity index (χ4v) is 1.97. The van der Waals surface area contributed by atoms with Gasteiger partial charge in [0, 0.05) is 10.2 Å². The fourth-order valence-electron chi connectivity index (χ4n) is 1.75. The van der Waals surface area contributed by atoms with E-state index in [-0.39, 0.29) is 0 Å². The van der Waals surface area contributed by atoms with E-state index in [9.17, 15) is 0 Å². The summed E-state index contributed by atoms with van der Waals surface area (Å²) in [7, 11) is 0. The summed E-state index contributed by atoms with van der Waals surface area (Å²) in [6.45, 7) is 6.18. The highest BCUT2D eigenvalue weighted by molar-refractivity contribution is 9.10. The molecule has 1 aromatic carbocycles. The van der Waals surface area contributed by atoms with E-state index in [1.54, 1.807) is 0 Å². The van der Waals surface area contributed by atoms with Crippen LogP contribution in [0.1, 0.15) is 16.8 Å². The Kier molecular flexibility index (Phi) is 3.48. The molecular weight excluding hydrogens is 276 g/mol. The Balaban J connectivity index is 2.35. The van der Waals surface area contributed by atoms with Gasteiger partial charge in [-0.05, 0) is 60.0 Å². The number of para-hydroxylation sites is 1. The maximum Gasteiger partial charge on any atom is 0.130 e. The van der Waals surface area contributed by atoms with Crippen molar-refractivity contribution < 1.29 is 0 Å². The van der Waals surface area contributed by atoms with Gasteiger partial charge >= 0.3 is 0 Å². The van der Waals surface area contributed by atoms with E-state index >= 15 is 0 Å². The molecule has 1 heterocycles. The van der Waals surface area contributed by atoms with Crippen molar-refractivity contribution in [3.8, 4) is 0 Å². The second kappa shape index (κ2) is 4.88. The minimum absolute atomic E-state index is 0.878. The van der Waals surface area contributed by atoms with Crippen LogP contribution in [0.4, 0.5) is 11.5 Å². The molecule has 0 atom stereocenters. The summed E-state index contributed by atoms with van der Waals surface area (Å²) < 4.78 is 1.03. The predicted molar refractivity (Wildman–Crippen MR) is 75.9 cm³/mol. The van der Waals surface area contributed by atoms with Gasteiger partial charge in [-0.25, -0.2) is 4.98 Å². The van der Waals surface area contributed by atoms with Crippen molar-refractivity contribution in [1.29, 1.82) is 0 Å². The van der Waals surface area contributed by atoms with Gasteiger partial charge in [0.2, 0.25) is 0 Å². The zero-order valence-corrected chi connectivity index (χ0v) is 11.8. The van der Waals surface area contributed by atoms with Gasteiger partial charge in [0.1, 0.15) is 5.82 Å². The summed E-state index contributed by atoms with van der Waals surface area (Å²) >= 11 is 3.45. The Labute approximate surface area is 110 Å². The minimum Gasteiger partial charge on any atom is -0.340 e. The summed E-state index contributed by atoms with van der Waals surface area (Å²) in [5.41, 5.74) is 4.59. The molecule has 0 aliphatic rings. The normalized spacial score (nSPS) is 10.4. The summed E-state index contributed by atoms with van der Waals surface area (Å²) in [5, 5.41) is 3.38. The van der Waals surface area contributed by atoms with Crippen LogP contribution in [0.2, 0.25) is 0 Å². The van der Waals surface area contributed by atoms with Crippen LogP contribution in [0.3, 0.4) is 0 Å². The van der Waals surface area contributed by atoms with E-state index in [1.807, 2.05) is 19.1 Å². The lowest BCUT2D eigenvalue weighted by molar-refractivity contribution is 1.17. The molecule has 0 unspecified atom stereocenters. The second-order valence-electron chi connectivity index (χ2n) is 4.16. The van der Waals surface area contributed by atoms with Crippen LogP contribution in [-0.2, 0) is 0 Å². The molecule has 2 aromatic rings. The van der Waals surface area contributed by atoms with Gasteiger partial charge in [0.15, 0.2) is 0 Å². The first-order valence-corrected chi connectivity index (χ1v) is 6.33. The zero-order valence-electron chi connectivity index (χ0n) is 10.2. The second-order valence-corrected chi connectivity index (χ2v) is 5.01. The van der Waals surface area contributed by atoms with Crippen LogP contribution in [-0.4, -0.2) is 4.98 Å². The molecule has 0 spiro atoms. The van der Waals surface area contributed by atoms with Gasteiger partial charge in [-0.15, -0.1) is 0 Å². The first-order chi connectivity index (χ1) is 8.08. The lowest BCUT2D eigenvalue weighted by Crippen LogP contribution is -1.99.